The summed E-state index contributed by atoms with van der Waals surface area (Å²) in [4.78, 5) is 27.6. The highest BCUT2D eigenvalue weighted by Gasteiger charge is 2.40. The number of thioether (sulfide) groups is 1. The van der Waals surface area contributed by atoms with Gasteiger partial charge in [0.05, 0.1) is 33.3 Å². The second-order valence-electron chi connectivity index (χ2n) is 5.61. The normalized spacial score (nSPS) is 14.3. The van der Waals surface area contributed by atoms with Gasteiger partial charge in [-0.1, -0.05) is 35.3 Å². The number of hydrogen-bond acceptors (Lipinski definition) is 5. The zero-order valence-electron chi connectivity index (χ0n) is 14.4. The third-order valence-electron chi connectivity index (χ3n) is 3.95. The summed E-state index contributed by atoms with van der Waals surface area (Å²) in [6, 6.07) is 11.6. The molecule has 0 saturated carbocycles. The topological polar surface area (TPSA) is 72.6 Å². The van der Waals surface area contributed by atoms with Gasteiger partial charge in [-0.05, 0) is 35.9 Å². The first-order valence-electron chi connectivity index (χ1n) is 8.03. The number of nitrogens with two attached hydrogens (primary N) is 1. The molecule has 0 bridgehead atoms. The van der Waals surface area contributed by atoms with Crippen molar-refractivity contribution in [3.63, 3.8) is 0 Å². The second kappa shape index (κ2) is 8.35. The first-order valence-corrected chi connectivity index (χ1v) is 9.77. The molecule has 0 aromatic heterocycles. The lowest BCUT2D eigenvalue weighted by atomic mass is 10.1. The van der Waals surface area contributed by atoms with Gasteiger partial charge in [-0.3, -0.25) is 9.59 Å². The van der Waals surface area contributed by atoms with Gasteiger partial charge in [0, 0.05) is 12.3 Å². The second-order valence-corrected chi connectivity index (χ2v) is 7.53. The summed E-state index contributed by atoms with van der Waals surface area (Å²) in [5, 5.41) is 0.615. The van der Waals surface area contributed by atoms with E-state index in [9.17, 15) is 9.59 Å². The first kappa shape index (κ1) is 19.8. The number of ether oxygens (including phenoxy) is 1. The molecule has 5 nitrogen and oxygen atoms in total. The van der Waals surface area contributed by atoms with E-state index in [1.54, 1.807) is 43.5 Å². The van der Waals surface area contributed by atoms with Crippen LogP contribution in [0.25, 0.3) is 5.57 Å². The fourth-order valence-corrected chi connectivity index (χ4v) is 3.85. The molecule has 2 N–H and O–H groups in total. The molecule has 3 rings (SSSR count). The molecule has 2 amide bonds. The molecular weight excluding hydrogens is 407 g/mol. The van der Waals surface area contributed by atoms with E-state index in [1.165, 1.54) is 17.8 Å². The van der Waals surface area contributed by atoms with Gasteiger partial charge in [-0.2, -0.15) is 0 Å². The van der Waals surface area contributed by atoms with Crippen molar-refractivity contribution in [2.45, 2.75) is 0 Å². The molecule has 2 aromatic carbocycles. The standard InChI is InChI=1S/C19H16Cl2N2O3S/c1-26-13-5-2-11(3-6-13)16-17(27-9-8-22)19(25)23(18(16)24)12-4-7-14(20)15(21)10-12/h2-7,10H,8-9,22H2,1H3. The van der Waals surface area contributed by atoms with Crippen LogP contribution in [0.3, 0.4) is 0 Å². The fraction of sp³-hybridized carbons (Fsp3) is 0.158. The van der Waals surface area contributed by atoms with E-state index < -0.39 is 11.8 Å². The van der Waals surface area contributed by atoms with Crippen LogP contribution in [0, 0.1) is 0 Å². The van der Waals surface area contributed by atoms with E-state index in [4.69, 9.17) is 33.7 Å². The maximum absolute atomic E-state index is 13.1. The maximum Gasteiger partial charge on any atom is 0.272 e. The van der Waals surface area contributed by atoms with E-state index in [-0.39, 0.29) is 5.02 Å². The third kappa shape index (κ3) is 3.84. The number of amides is 2. The summed E-state index contributed by atoms with van der Waals surface area (Å²) in [6.45, 7) is 0.387. The molecule has 140 valence electrons. The molecule has 0 atom stereocenters. The summed E-state index contributed by atoms with van der Waals surface area (Å²) in [5.74, 6) is 0.364. The minimum atomic E-state index is -0.414. The number of nitrogens with zero attached hydrogens (tertiary/aromatic N) is 1. The Balaban J connectivity index is 2.06. The molecule has 27 heavy (non-hydrogen) atoms. The Morgan fingerprint density at radius 1 is 1.04 bits per heavy atom. The highest BCUT2D eigenvalue weighted by atomic mass is 35.5. The van der Waals surface area contributed by atoms with Crippen LogP contribution >= 0.6 is 35.0 Å². The Morgan fingerprint density at radius 2 is 1.74 bits per heavy atom. The van der Waals surface area contributed by atoms with Crippen molar-refractivity contribution >= 4 is 58.0 Å². The van der Waals surface area contributed by atoms with Gasteiger partial charge in [0.1, 0.15) is 5.75 Å². The summed E-state index contributed by atoms with van der Waals surface area (Å²) >= 11 is 13.3. The summed E-state index contributed by atoms with van der Waals surface area (Å²) in [7, 11) is 1.56. The van der Waals surface area contributed by atoms with Crippen LogP contribution in [0.15, 0.2) is 47.4 Å². The van der Waals surface area contributed by atoms with Crippen LogP contribution in [0.4, 0.5) is 5.69 Å². The molecule has 1 aliphatic heterocycles. The van der Waals surface area contributed by atoms with Crippen LogP contribution in [-0.4, -0.2) is 31.2 Å². The first-order chi connectivity index (χ1) is 13.0. The summed E-state index contributed by atoms with van der Waals surface area (Å²) < 4.78 is 5.16. The predicted molar refractivity (Wildman–Crippen MR) is 110 cm³/mol. The molecule has 0 aliphatic carbocycles. The van der Waals surface area contributed by atoms with Crippen LogP contribution in [0.2, 0.25) is 10.0 Å². The Labute approximate surface area is 171 Å². The molecule has 0 fully saturated rings. The van der Waals surface area contributed by atoms with Crippen molar-refractivity contribution in [3.8, 4) is 5.75 Å². The van der Waals surface area contributed by atoms with E-state index >= 15 is 0 Å². The van der Waals surface area contributed by atoms with Crippen molar-refractivity contribution in [2.75, 3.05) is 24.3 Å². The van der Waals surface area contributed by atoms with Gasteiger partial charge in [0.2, 0.25) is 0 Å². The van der Waals surface area contributed by atoms with Gasteiger partial charge in [0.25, 0.3) is 11.8 Å². The fourth-order valence-electron chi connectivity index (χ4n) is 2.68. The number of rotatable bonds is 6. The maximum atomic E-state index is 13.1. The third-order valence-corrected chi connectivity index (χ3v) is 5.79. The Hall–Kier alpha value is -1.99. The molecule has 1 heterocycles. The average Bonchev–Trinajstić information content (AvgIpc) is 2.92. The smallest absolute Gasteiger partial charge is 0.272 e. The van der Waals surface area contributed by atoms with Gasteiger partial charge < -0.3 is 10.5 Å². The lowest BCUT2D eigenvalue weighted by molar-refractivity contribution is -0.119. The molecule has 0 saturated heterocycles. The minimum Gasteiger partial charge on any atom is -0.497 e. The zero-order chi connectivity index (χ0) is 19.6. The molecular formula is C19H16Cl2N2O3S. The number of benzene rings is 2. The van der Waals surface area contributed by atoms with Crippen LogP contribution < -0.4 is 15.4 Å². The molecule has 0 unspecified atom stereocenters. The number of imide groups is 1. The Bertz CT molecular complexity index is 929. The number of halogens is 2. The van der Waals surface area contributed by atoms with E-state index in [0.717, 1.165) is 4.90 Å². The Morgan fingerprint density at radius 3 is 2.33 bits per heavy atom. The van der Waals surface area contributed by atoms with E-state index in [0.29, 0.717) is 44.8 Å². The van der Waals surface area contributed by atoms with Gasteiger partial charge in [-0.15, -0.1) is 11.8 Å². The minimum absolute atomic E-state index is 0.267. The number of carbonyl (C=O) groups excluding carboxylic acids is 2. The SMILES string of the molecule is COc1ccc(C2=C(SCCN)C(=O)N(c3ccc(Cl)c(Cl)c3)C2=O)cc1. The largest absolute Gasteiger partial charge is 0.497 e. The predicted octanol–water partition coefficient (Wildman–Crippen LogP) is 3.98. The van der Waals surface area contributed by atoms with Crippen molar-refractivity contribution in [3.05, 3.63) is 63.0 Å². The van der Waals surface area contributed by atoms with Crippen molar-refractivity contribution in [1.29, 1.82) is 0 Å². The molecule has 1 aliphatic rings. The quantitative estimate of drug-likeness (QED) is 0.712. The van der Waals surface area contributed by atoms with Crippen molar-refractivity contribution in [2.24, 2.45) is 5.73 Å². The molecule has 8 heteroatoms. The zero-order valence-corrected chi connectivity index (χ0v) is 16.7. The number of anilines is 1. The van der Waals surface area contributed by atoms with Crippen LogP contribution in [0.5, 0.6) is 5.75 Å². The lowest BCUT2D eigenvalue weighted by Gasteiger charge is -2.16. The Kier molecular flexibility index (Phi) is 6.11. The summed E-state index contributed by atoms with van der Waals surface area (Å²) in [6.07, 6.45) is 0. The van der Waals surface area contributed by atoms with Gasteiger partial charge in [0.15, 0.2) is 0 Å². The average molecular weight is 423 g/mol. The van der Waals surface area contributed by atoms with Crippen LogP contribution in [-0.2, 0) is 9.59 Å². The summed E-state index contributed by atoms with van der Waals surface area (Å²) in [5.41, 5.74) is 6.93. The van der Waals surface area contributed by atoms with Crippen LogP contribution in [0.1, 0.15) is 5.56 Å². The molecule has 0 spiro atoms. The highest BCUT2D eigenvalue weighted by Crippen LogP contribution is 2.39. The number of carbonyl (C=O) groups is 2. The van der Waals surface area contributed by atoms with Gasteiger partial charge in [-0.25, -0.2) is 4.90 Å². The highest BCUT2D eigenvalue weighted by molar-refractivity contribution is 8.04. The molecule has 2 aromatic rings. The van der Waals surface area contributed by atoms with E-state index in [1.807, 2.05) is 0 Å². The van der Waals surface area contributed by atoms with E-state index in [2.05, 4.69) is 0 Å². The molecule has 0 radical (unpaired) electrons. The van der Waals surface area contributed by atoms with Gasteiger partial charge >= 0.3 is 0 Å². The van der Waals surface area contributed by atoms with Crippen molar-refractivity contribution < 1.29 is 14.3 Å². The lowest BCUT2D eigenvalue weighted by Crippen LogP contribution is -2.31. The monoisotopic (exact) mass is 422 g/mol. The van der Waals surface area contributed by atoms with Crippen molar-refractivity contribution in [1.82, 2.24) is 0 Å². The number of methoxy groups -OCH3 is 1. The number of hydrogen-bond donors (Lipinski definition) is 1.